The van der Waals surface area contributed by atoms with Crippen molar-refractivity contribution in [3.63, 3.8) is 0 Å². The van der Waals surface area contributed by atoms with E-state index in [9.17, 15) is 14.4 Å². The molecule has 1 saturated heterocycles. The number of carbonyl (C=O) groups excluding carboxylic acids is 3. The van der Waals surface area contributed by atoms with Crippen LogP contribution in [-0.2, 0) is 24.5 Å². The Morgan fingerprint density at radius 1 is 1.00 bits per heavy atom. The minimum absolute atomic E-state index is 0.0156. The fraction of sp³-hybridized carbons (Fsp3) is 0.400. The number of rotatable bonds is 6. The molecule has 0 bridgehead atoms. The van der Waals surface area contributed by atoms with Gasteiger partial charge in [-0.1, -0.05) is 63.2 Å². The van der Waals surface area contributed by atoms with Crippen LogP contribution < -0.4 is 5.32 Å². The highest BCUT2D eigenvalue weighted by molar-refractivity contribution is 5.96. The van der Waals surface area contributed by atoms with Gasteiger partial charge in [0.15, 0.2) is 0 Å². The number of benzene rings is 2. The summed E-state index contributed by atoms with van der Waals surface area (Å²) in [5.74, 6) is -1.35. The molecule has 3 rings (SSSR count). The number of nitrogens with one attached hydrogen (secondary N) is 1. The smallest absolute Gasteiger partial charge is 0.326 e. The van der Waals surface area contributed by atoms with Crippen molar-refractivity contribution in [2.24, 2.45) is 0 Å². The van der Waals surface area contributed by atoms with Crippen molar-refractivity contribution in [1.29, 1.82) is 0 Å². The van der Waals surface area contributed by atoms with Crippen LogP contribution >= 0.6 is 0 Å². The molecule has 0 spiro atoms. The summed E-state index contributed by atoms with van der Waals surface area (Å²) < 4.78 is 10.8. The van der Waals surface area contributed by atoms with Gasteiger partial charge in [0.1, 0.15) is 6.54 Å². The molecular formula is C25H30N2O5. The zero-order valence-corrected chi connectivity index (χ0v) is 18.8. The average molecular weight is 439 g/mol. The maximum Gasteiger partial charge on any atom is 0.326 e. The standard InChI is InChI=1S/C25H30N2O5/c1-25(2,3)20-11-9-19(10-12-20)23(29)26-17-21(28)32-22(18-7-5-4-6-8-18)24(30)27-13-15-31-16-14-27/h4-12,22H,13-17H2,1-3H3,(H,26,29). The van der Waals surface area contributed by atoms with E-state index in [0.29, 0.717) is 37.4 Å². The van der Waals surface area contributed by atoms with E-state index in [1.165, 1.54) is 0 Å². The van der Waals surface area contributed by atoms with Crippen molar-refractivity contribution in [2.45, 2.75) is 32.3 Å². The highest BCUT2D eigenvalue weighted by Crippen LogP contribution is 2.23. The van der Waals surface area contributed by atoms with Crippen LogP contribution in [0.5, 0.6) is 0 Å². The van der Waals surface area contributed by atoms with Crippen LogP contribution in [0.4, 0.5) is 0 Å². The molecule has 1 fully saturated rings. The van der Waals surface area contributed by atoms with E-state index in [0.717, 1.165) is 5.56 Å². The van der Waals surface area contributed by atoms with Gasteiger partial charge >= 0.3 is 5.97 Å². The number of amides is 2. The second-order valence-electron chi connectivity index (χ2n) is 8.73. The molecule has 1 heterocycles. The molecule has 0 aromatic heterocycles. The van der Waals surface area contributed by atoms with Gasteiger partial charge in [-0.15, -0.1) is 0 Å². The fourth-order valence-electron chi connectivity index (χ4n) is 3.39. The summed E-state index contributed by atoms with van der Waals surface area (Å²) in [6.07, 6.45) is -1.07. The highest BCUT2D eigenvalue weighted by Gasteiger charge is 2.30. The van der Waals surface area contributed by atoms with E-state index in [2.05, 4.69) is 26.1 Å². The summed E-state index contributed by atoms with van der Waals surface area (Å²) in [5, 5.41) is 2.57. The topological polar surface area (TPSA) is 84.9 Å². The summed E-state index contributed by atoms with van der Waals surface area (Å²) in [6, 6.07) is 16.1. The lowest BCUT2D eigenvalue weighted by Crippen LogP contribution is -2.44. The molecule has 1 aliphatic rings. The first kappa shape index (κ1) is 23.5. The van der Waals surface area contributed by atoms with Gasteiger partial charge in [-0.05, 0) is 23.1 Å². The summed E-state index contributed by atoms with van der Waals surface area (Å²) in [4.78, 5) is 39.6. The SMILES string of the molecule is CC(C)(C)c1ccc(C(=O)NCC(=O)OC(C(=O)N2CCOCC2)c2ccccc2)cc1. The van der Waals surface area contributed by atoms with Crippen LogP contribution in [-0.4, -0.2) is 55.5 Å². The normalized spacial score (nSPS) is 15.0. The van der Waals surface area contributed by atoms with Gasteiger partial charge in [-0.25, -0.2) is 0 Å². The molecule has 32 heavy (non-hydrogen) atoms. The van der Waals surface area contributed by atoms with Crippen LogP contribution in [0.25, 0.3) is 0 Å². The van der Waals surface area contributed by atoms with E-state index in [-0.39, 0.29) is 23.8 Å². The molecule has 0 saturated carbocycles. The van der Waals surface area contributed by atoms with Crippen molar-refractivity contribution in [3.05, 3.63) is 71.3 Å². The lowest BCUT2D eigenvalue weighted by Gasteiger charge is -2.30. The zero-order valence-electron chi connectivity index (χ0n) is 18.8. The van der Waals surface area contributed by atoms with E-state index in [4.69, 9.17) is 9.47 Å². The molecule has 1 unspecified atom stereocenters. The van der Waals surface area contributed by atoms with Crippen LogP contribution in [0, 0.1) is 0 Å². The second kappa shape index (κ2) is 10.4. The van der Waals surface area contributed by atoms with E-state index < -0.39 is 12.1 Å². The lowest BCUT2D eigenvalue weighted by molar-refractivity contribution is -0.162. The molecule has 2 aromatic rings. The monoisotopic (exact) mass is 438 g/mol. The lowest BCUT2D eigenvalue weighted by atomic mass is 9.87. The molecule has 7 nitrogen and oxygen atoms in total. The Morgan fingerprint density at radius 2 is 1.62 bits per heavy atom. The van der Waals surface area contributed by atoms with Crippen molar-refractivity contribution in [2.75, 3.05) is 32.8 Å². The largest absolute Gasteiger partial charge is 0.446 e. The van der Waals surface area contributed by atoms with Crippen molar-refractivity contribution in [3.8, 4) is 0 Å². The maximum atomic E-state index is 13.0. The summed E-state index contributed by atoms with van der Waals surface area (Å²) in [5.41, 5.74) is 2.13. The quantitative estimate of drug-likeness (QED) is 0.701. The molecule has 0 radical (unpaired) electrons. The van der Waals surface area contributed by atoms with E-state index >= 15 is 0 Å². The van der Waals surface area contributed by atoms with Crippen LogP contribution in [0.1, 0.15) is 48.4 Å². The molecule has 7 heteroatoms. The highest BCUT2D eigenvalue weighted by atomic mass is 16.5. The number of hydrogen-bond acceptors (Lipinski definition) is 5. The molecule has 1 N–H and O–H groups in total. The molecule has 1 aliphatic heterocycles. The minimum atomic E-state index is -1.07. The number of morpholine rings is 1. The first-order valence-corrected chi connectivity index (χ1v) is 10.8. The number of carbonyl (C=O) groups is 3. The Kier molecular flexibility index (Phi) is 7.64. The predicted molar refractivity (Wildman–Crippen MR) is 120 cm³/mol. The molecule has 170 valence electrons. The Morgan fingerprint density at radius 3 is 2.22 bits per heavy atom. The zero-order chi connectivity index (χ0) is 23.1. The van der Waals surface area contributed by atoms with Gasteiger partial charge in [-0.2, -0.15) is 0 Å². The summed E-state index contributed by atoms with van der Waals surface area (Å²) in [6.45, 7) is 7.75. The van der Waals surface area contributed by atoms with Gasteiger partial charge in [0, 0.05) is 24.2 Å². The molecule has 2 amide bonds. The Balaban J connectivity index is 1.62. The van der Waals surface area contributed by atoms with E-state index in [1.54, 1.807) is 41.3 Å². The molecular weight excluding hydrogens is 408 g/mol. The Hall–Kier alpha value is -3.19. The second-order valence-corrected chi connectivity index (χ2v) is 8.73. The predicted octanol–water partition coefficient (Wildman–Crippen LogP) is 2.86. The molecule has 2 aromatic carbocycles. The Bertz CT molecular complexity index is 929. The number of esters is 1. The average Bonchev–Trinajstić information content (AvgIpc) is 2.81. The summed E-state index contributed by atoms with van der Waals surface area (Å²) in [7, 11) is 0. The van der Waals surface area contributed by atoms with Gasteiger partial charge < -0.3 is 19.7 Å². The Labute approximate surface area is 188 Å². The van der Waals surface area contributed by atoms with Crippen molar-refractivity contribution >= 4 is 17.8 Å². The fourth-order valence-corrected chi connectivity index (χ4v) is 3.39. The third kappa shape index (κ3) is 6.17. The molecule has 1 atom stereocenters. The third-order valence-electron chi connectivity index (χ3n) is 5.31. The number of nitrogens with zero attached hydrogens (tertiary/aromatic N) is 1. The third-order valence-corrected chi connectivity index (χ3v) is 5.31. The first-order chi connectivity index (χ1) is 15.3. The van der Waals surface area contributed by atoms with Gasteiger partial charge in [0.2, 0.25) is 6.10 Å². The van der Waals surface area contributed by atoms with Crippen molar-refractivity contribution < 1.29 is 23.9 Å². The van der Waals surface area contributed by atoms with Crippen LogP contribution in [0.2, 0.25) is 0 Å². The van der Waals surface area contributed by atoms with Gasteiger partial charge in [0.05, 0.1) is 13.2 Å². The number of ether oxygens (including phenoxy) is 2. The van der Waals surface area contributed by atoms with E-state index in [1.807, 2.05) is 18.2 Å². The van der Waals surface area contributed by atoms with Crippen molar-refractivity contribution in [1.82, 2.24) is 10.2 Å². The number of hydrogen-bond donors (Lipinski definition) is 1. The van der Waals surface area contributed by atoms with Crippen LogP contribution in [0.15, 0.2) is 54.6 Å². The van der Waals surface area contributed by atoms with Crippen LogP contribution in [0.3, 0.4) is 0 Å². The van der Waals surface area contributed by atoms with Gasteiger partial charge in [-0.3, -0.25) is 14.4 Å². The summed E-state index contributed by atoms with van der Waals surface area (Å²) >= 11 is 0. The van der Waals surface area contributed by atoms with Gasteiger partial charge in [0.25, 0.3) is 11.8 Å². The maximum absolute atomic E-state index is 13.0. The minimum Gasteiger partial charge on any atom is -0.446 e. The first-order valence-electron chi connectivity index (χ1n) is 10.8. The molecule has 0 aliphatic carbocycles.